The second kappa shape index (κ2) is 7.32. The van der Waals surface area contributed by atoms with Crippen LogP contribution in [0.5, 0.6) is 0 Å². The summed E-state index contributed by atoms with van der Waals surface area (Å²) in [6.07, 6.45) is 1.84. The molecule has 0 spiro atoms. The van der Waals surface area contributed by atoms with E-state index in [1.807, 2.05) is 25.1 Å². The molecule has 3 heteroatoms. The molecule has 0 aliphatic carbocycles. The fourth-order valence-electron chi connectivity index (χ4n) is 2.08. The monoisotopic (exact) mass is 276 g/mol. The van der Waals surface area contributed by atoms with Crippen LogP contribution in [-0.2, 0) is 0 Å². The first-order valence-electron chi connectivity index (χ1n) is 7.44. The van der Waals surface area contributed by atoms with Crippen molar-refractivity contribution in [1.82, 2.24) is 10.6 Å². The lowest BCUT2D eigenvalue weighted by atomic mass is 9.85. The van der Waals surface area contributed by atoms with Crippen LogP contribution in [0.15, 0.2) is 30.3 Å². The van der Waals surface area contributed by atoms with Crippen LogP contribution in [-0.4, -0.2) is 12.1 Å². The van der Waals surface area contributed by atoms with Gasteiger partial charge in [0.2, 0.25) is 0 Å². The molecule has 2 amide bonds. The van der Waals surface area contributed by atoms with Crippen LogP contribution < -0.4 is 10.6 Å². The predicted octanol–water partition coefficient (Wildman–Crippen LogP) is 4.26. The van der Waals surface area contributed by atoms with Gasteiger partial charge in [0.25, 0.3) is 0 Å². The molecular formula is C17H28N2O. The lowest BCUT2D eigenvalue weighted by Crippen LogP contribution is -2.42. The molecule has 20 heavy (non-hydrogen) atoms. The summed E-state index contributed by atoms with van der Waals surface area (Å²) < 4.78 is 0. The van der Waals surface area contributed by atoms with Gasteiger partial charge in [-0.15, -0.1) is 0 Å². The number of urea groups is 1. The lowest BCUT2D eigenvalue weighted by Gasteiger charge is -2.28. The van der Waals surface area contributed by atoms with Crippen LogP contribution in [0.4, 0.5) is 4.79 Å². The maximum atomic E-state index is 12.1. The number of hydrogen-bond donors (Lipinski definition) is 2. The summed E-state index contributed by atoms with van der Waals surface area (Å²) in [6, 6.07) is 10.3. The van der Waals surface area contributed by atoms with Gasteiger partial charge in [0.05, 0.1) is 6.04 Å². The molecule has 2 N–H and O–H groups in total. The highest BCUT2D eigenvalue weighted by atomic mass is 16.2. The average molecular weight is 276 g/mol. The largest absolute Gasteiger partial charge is 0.336 e. The number of carbonyl (C=O) groups is 1. The molecule has 1 aromatic rings. The number of rotatable bonds is 5. The summed E-state index contributed by atoms with van der Waals surface area (Å²) in [5, 5.41) is 6.07. The predicted molar refractivity (Wildman–Crippen MR) is 84.7 cm³/mol. The van der Waals surface area contributed by atoms with E-state index in [4.69, 9.17) is 0 Å². The molecule has 2 atom stereocenters. The summed E-state index contributed by atoms with van der Waals surface area (Å²) in [4.78, 5) is 12.1. The third kappa shape index (κ3) is 6.09. The Morgan fingerprint density at radius 1 is 1.15 bits per heavy atom. The van der Waals surface area contributed by atoms with Crippen LogP contribution in [0.1, 0.15) is 59.1 Å². The topological polar surface area (TPSA) is 41.1 Å². The Labute approximate surface area is 123 Å². The Morgan fingerprint density at radius 3 is 2.25 bits per heavy atom. The number of hydrogen-bond acceptors (Lipinski definition) is 1. The highest BCUT2D eigenvalue weighted by molar-refractivity contribution is 5.74. The molecule has 0 aliphatic rings. The molecule has 0 fully saturated rings. The van der Waals surface area contributed by atoms with Gasteiger partial charge in [-0.3, -0.25) is 0 Å². The molecule has 0 aliphatic heterocycles. The second-order valence-corrected chi connectivity index (χ2v) is 6.66. The molecule has 1 rings (SSSR count). The van der Waals surface area contributed by atoms with Gasteiger partial charge in [-0.1, -0.05) is 58.0 Å². The van der Waals surface area contributed by atoms with Crippen LogP contribution in [0.25, 0.3) is 0 Å². The van der Waals surface area contributed by atoms with Crippen molar-refractivity contribution in [3.8, 4) is 0 Å². The normalized spacial score (nSPS) is 14.4. The highest BCUT2D eigenvalue weighted by Gasteiger charge is 2.22. The zero-order valence-electron chi connectivity index (χ0n) is 13.4. The molecule has 0 bridgehead atoms. The Bertz CT molecular complexity index is 409. The number of nitrogens with one attached hydrogen (secondary N) is 2. The van der Waals surface area contributed by atoms with Gasteiger partial charge in [-0.25, -0.2) is 4.79 Å². The molecule has 0 saturated heterocycles. The third-order valence-electron chi connectivity index (χ3n) is 3.31. The van der Waals surface area contributed by atoms with E-state index in [9.17, 15) is 4.79 Å². The molecule has 0 heterocycles. The summed E-state index contributed by atoms with van der Waals surface area (Å²) >= 11 is 0. The Morgan fingerprint density at radius 2 is 1.75 bits per heavy atom. The van der Waals surface area contributed by atoms with E-state index in [0.717, 1.165) is 18.4 Å². The SMILES string of the molecule is CCC(C)NC(=O)NC(CC(C)(C)C)c1ccccc1. The molecule has 0 saturated carbocycles. The Hall–Kier alpha value is -1.51. The van der Waals surface area contributed by atoms with E-state index in [0.29, 0.717) is 0 Å². The minimum Gasteiger partial charge on any atom is -0.336 e. The van der Waals surface area contributed by atoms with E-state index < -0.39 is 0 Å². The first-order valence-corrected chi connectivity index (χ1v) is 7.44. The van der Waals surface area contributed by atoms with Crippen molar-refractivity contribution in [3.05, 3.63) is 35.9 Å². The summed E-state index contributed by atoms with van der Waals surface area (Å²) in [7, 11) is 0. The average Bonchev–Trinajstić information content (AvgIpc) is 2.37. The molecule has 112 valence electrons. The van der Waals surface area contributed by atoms with Gasteiger partial charge >= 0.3 is 6.03 Å². The minimum absolute atomic E-state index is 0.0419. The standard InChI is InChI=1S/C17H28N2O/c1-6-13(2)18-16(20)19-15(12-17(3,4)5)14-10-8-7-9-11-14/h7-11,13,15H,6,12H2,1-5H3,(H2,18,19,20). The Balaban J connectivity index is 2.76. The molecule has 0 aromatic heterocycles. The van der Waals surface area contributed by atoms with Gasteiger partial charge in [-0.2, -0.15) is 0 Å². The van der Waals surface area contributed by atoms with E-state index >= 15 is 0 Å². The van der Waals surface area contributed by atoms with Crippen molar-refractivity contribution in [2.75, 3.05) is 0 Å². The highest BCUT2D eigenvalue weighted by Crippen LogP contribution is 2.29. The van der Waals surface area contributed by atoms with Gasteiger partial charge in [0, 0.05) is 6.04 Å². The first kappa shape index (κ1) is 16.5. The maximum Gasteiger partial charge on any atom is 0.315 e. The van der Waals surface area contributed by atoms with Gasteiger partial charge in [0.15, 0.2) is 0 Å². The van der Waals surface area contributed by atoms with E-state index in [2.05, 4.69) is 50.5 Å². The summed E-state index contributed by atoms with van der Waals surface area (Å²) in [5.74, 6) is 0. The molecular weight excluding hydrogens is 248 g/mol. The van der Waals surface area contributed by atoms with Crippen LogP contribution in [0, 0.1) is 5.41 Å². The molecule has 0 radical (unpaired) electrons. The van der Waals surface area contributed by atoms with Crippen molar-refractivity contribution < 1.29 is 4.79 Å². The lowest BCUT2D eigenvalue weighted by molar-refractivity contribution is 0.227. The first-order chi connectivity index (χ1) is 9.31. The summed E-state index contributed by atoms with van der Waals surface area (Å²) in [5.41, 5.74) is 1.31. The van der Waals surface area contributed by atoms with Crippen LogP contribution >= 0.6 is 0 Å². The minimum atomic E-state index is -0.0857. The maximum absolute atomic E-state index is 12.1. The molecule has 3 nitrogen and oxygen atoms in total. The second-order valence-electron chi connectivity index (χ2n) is 6.66. The zero-order valence-corrected chi connectivity index (χ0v) is 13.4. The molecule has 2 unspecified atom stereocenters. The summed E-state index contributed by atoms with van der Waals surface area (Å²) in [6.45, 7) is 10.7. The van der Waals surface area contributed by atoms with E-state index in [1.165, 1.54) is 0 Å². The Kier molecular flexibility index (Phi) is 6.05. The van der Waals surface area contributed by atoms with Crippen molar-refractivity contribution in [2.45, 2.75) is 59.5 Å². The van der Waals surface area contributed by atoms with Gasteiger partial charge in [-0.05, 0) is 30.7 Å². The third-order valence-corrected chi connectivity index (χ3v) is 3.31. The van der Waals surface area contributed by atoms with Crippen molar-refractivity contribution in [2.24, 2.45) is 5.41 Å². The van der Waals surface area contributed by atoms with Crippen molar-refractivity contribution in [1.29, 1.82) is 0 Å². The van der Waals surface area contributed by atoms with Gasteiger partial charge in [0.1, 0.15) is 0 Å². The van der Waals surface area contributed by atoms with Gasteiger partial charge < -0.3 is 10.6 Å². The molecule has 1 aromatic carbocycles. The van der Waals surface area contributed by atoms with Crippen molar-refractivity contribution >= 4 is 6.03 Å². The van der Waals surface area contributed by atoms with Crippen LogP contribution in [0.3, 0.4) is 0 Å². The fraction of sp³-hybridized carbons (Fsp3) is 0.588. The number of carbonyl (C=O) groups excluding carboxylic acids is 1. The zero-order chi connectivity index (χ0) is 15.2. The number of amides is 2. The smallest absolute Gasteiger partial charge is 0.315 e. The number of benzene rings is 1. The van der Waals surface area contributed by atoms with E-state index in [-0.39, 0.29) is 23.5 Å². The quantitative estimate of drug-likeness (QED) is 0.829. The fourth-order valence-corrected chi connectivity index (χ4v) is 2.08. The van der Waals surface area contributed by atoms with E-state index in [1.54, 1.807) is 0 Å². The van der Waals surface area contributed by atoms with Crippen molar-refractivity contribution in [3.63, 3.8) is 0 Å². The van der Waals surface area contributed by atoms with Crippen LogP contribution in [0.2, 0.25) is 0 Å².